The molecule has 1 N–H and O–H groups in total. The van der Waals surface area contributed by atoms with E-state index < -0.39 is 10.0 Å². The van der Waals surface area contributed by atoms with E-state index in [1.165, 1.54) is 39.9 Å². The Morgan fingerprint density at radius 2 is 1.85 bits per heavy atom. The highest BCUT2D eigenvalue weighted by Crippen LogP contribution is 2.31. The van der Waals surface area contributed by atoms with Crippen molar-refractivity contribution in [1.29, 1.82) is 0 Å². The number of benzene rings is 2. The second kappa shape index (κ2) is 9.22. The molecule has 34 heavy (non-hydrogen) atoms. The number of amides is 1. The Morgan fingerprint density at radius 1 is 1.09 bits per heavy atom. The normalized spacial score (nSPS) is 14.9. The molecule has 1 amide bonds. The van der Waals surface area contributed by atoms with Gasteiger partial charge in [0.2, 0.25) is 10.0 Å². The topological polar surface area (TPSA) is 101 Å². The minimum Gasteiger partial charge on any atom is -0.379 e. The first-order chi connectivity index (χ1) is 16.4. The molecule has 0 saturated carbocycles. The number of morpholine rings is 1. The lowest BCUT2D eigenvalue weighted by molar-refractivity contribution is 0.0730. The van der Waals surface area contributed by atoms with Gasteiger partial charge in [-0.05, 0) is 67.1 Å². The number of sulfonamides is 1. The lowest BCUT2D eigenvalue weighted by Gasteiger charge is -2.26. The predicted molar refractivity (Wildman–Crippen MR) is 132 cm³/mol. The zero-order valence-electron chi connectivity index (χ0n) is 18.4. The molecule has 4 aromatic rings. The van der Waals surface area contributed by atoms with Gasteiger partial charge in [0.05, 0.1) is 18.1 Å². The Labute approximate surface area is 201 Å². The molecule has 1 aliphatic heterocycles. The number of hydrogen-bond donors (Lipinski definition) is 1. The standard InChI is InChI=1S/C24H22N4O4S2/c1-16-15-18(23-27-21-3-2-10-25-24(21)33-23)6-9-20(16)26-22(29)17-4-7-19(8-5-17)34(30,31)28-11-13-32-14-12-28/h2-10,15H,11-14H2,1H3,(H,26,29). The number of carbonyl (C=O) groups is 1. The monoisotopic (exact) mass is 494 g/mol. The van der Waals surface area contributed by atoms with Gasteiger partial charge in [-0.2, -0.15) is 4.31 Å². The van der Waals surface area contributed by atoms with Crippen molar-refractivity contribution in [3.05, 3.63) is 71.9 Å². The van der Waals surface area contributed by atoms with Crippen LogP contribution in [-0.2, 0) is 14.8 Å². The van der Waals surface area contributed by atoms with Gasteiger partial charge in [0.1, 0.15) is 15.4 Å². The van der Waals surface area contributed by atoms with Gasteiger partial charge in [-0.25, -0.2) is 18.4 Å². The van der Waals surface area contributed by atoms with Gasteiger partial charge in [0, 0.05) is 36.1 Å². The molecule has 10 heteroatoms. The fourth-order valence-electron chi connectivity index (χ4n) is 3.74. The maximum atomic E-state index is 12.8. The number of nitrogens with zero attached hydrogens (tertiary/aromatic N) is 3. The van der Waals surface area contributed by atoms with Crippen LogP contribution < -0.4 is 5.32 Å². The van der Waals surface area contributed by atoms with Crippen molar-refractivity contribution in [1.82, 2.24) is 14.3 Å². The van der Waals surface area contributed by atoms with Crippen molar-refractivity contribution < 1.29 is 17.9 Å². The number of hydrogen-bond acceptors (Lipinski definition) is 7. The number of ether oxygens (including phenoxy) is 1. The smallest absolute Gasteiger partial charge is 0.255 e. The zero-order chi connectivity index (χ0) is 23.7. The van der Waals surface area contributed by atoms with E-state index in [1.807, 2.05) is 37.3 Å². The van der Waals surface area contributed by atoms with Crippen LogP contribution in [0.2, 0.25) is 0 Å². The first-order valence-electron chi connectivity index (χ1n) is 10.7. The summed E-state index contributed by atoms with van der Waals surface area (Å²) in [6, 6.07) is 15.5. The molecule has 0 radical (unpaired) electrons. The van der Waals surface area contributed by atoms with Crippen LogP contribution in [0.4, 0.5) is 5.69 Å². The maximum Gasteiger partial charge on any atom is 0.255 e. The molecule has 2 aromatic heterocycles. The summed E-state index contributed by atoms with van der Waals surface area (Å²) >= 11 is 1.52. The third kappa shape index (κ3) is 4.45. The van der Waals surface area contributed by atoms with Crippen molar-refractivity contribution >= 4 is 43.3 Å². The van der Waals surface area contributed by atoms with Crippen LogP contribution in [0.5, 0.6) is 0 Å². The number of nitrogens with one attached hydrogen (secondary N) is 1. The van der Waals surface area contributed by atoms with E-state index in [4.69, 9.17) is 4.74 Å². The molecule has 8 nitrogen and oxygen atoms in total. The number of aryl methyl sites for hydroxylation is 1. The number of rotatable bonds is 5. The molecule has 5 rings (SSSR count). The molecular formula is C24H22N4O4S2. The van der Waals surface area contributed by atoms with Crippen LogP contribution in [0, 0.1) is 6.92 Å². The summed E-state index contributed by atoms with van der Waals surface area (Å²) in [6.07, 6.45) is 1.75. The van der Waals surface area contributed by atoms with E-state index in [-0.39, 0.29) is 10.8 Å². The van der Waals surface area contributed by atoms with Crippen LogP contribution in [0.1, 0.15) is 15.9 Å². The largest absolute Gasteiger partial charge is 0.379 e. The number of carbonyl (C=O) groups excluding carboxylic acids is 1. The van der Waals surface area contributed by atoms with Crippen molar-refractivity contribution in [2.75, 3.05) is 31.6 Å². The highest BCUT2D eigenvalue weighted by atomic mass is 32.2. The Hall–Kier alpha value is -3.18. The number of fused-ring (bicyclic) bond motifs is 1. The summed E-state index contributed by atoms with van der Waals surface area (Å²) in [6.45, 7) is 3.34. The average molecular weight is 495 g/mol. The zero-order valence-corrected chi connectivity index (χ0v) is 20.0. The Kier molecular flexibility index (Phi) is 6.13. The van der Waals surface area contributed by atoms with Crippen LogP contribution in [0.15, 0.2) is 65.7 Å². The molecule has 3 heterocycles. The fraction of sp³-hybridized carbons (Fsp3) is 0.208. The number of aromatic nitrogens is 2. The molecule has 0 unspecified atom stereocenters. The first kappa shape index (κ1) is 22.6. The summed E-state index contributed by atoms with van der Waals surface area (Å²) in [5.41, 5.74) is 3.76. The summed E-state index contributed by atoms with van der Waals surface area (Å²) in [5.74, 6) is -0.310. The Morgan fingerprint density at radius 3 is 2.56 bits per heavy atom. The summed E-state index contributed by atoms with van der Waals surface area (Å²) in [7, 11) is -3.60. The van der Waals surface area contributed by atoms with Crippen molar-refractivity contribution in [3.8, 4) is 10.6 Å². The maximum absolute atomic E-state index is 12.8. The lowest BCUT2D eigenvalue weighted by Crippen LogP contribution is -2.40. The molecule has 2 aromatic carbocycles. The van der Waals surface area contributed by atoms with Crippen molar-refractivity contribution in [3.63, 3.8) is 0 Å². The minimum absolute atomic E-state index is 0.164. The number of thiazole rings is 1. The van der Waals surface area contributed by atoms with E-state index in [1.54, 1.807) is 6.20 Å². The molecule has 1 saturated heterocycles. The quantitative estimate of drug-likeness (QED) is 0.451. The predicted octanol–water partition coefficient (Wildman–Crippen LogP) is 3.94. The number of anilines is 1. The van der Waals surface area contributed by atoms with Gasteiger partial charge in [0.15, 0.2) is 0 Å². The van der Waals surface area contributed by atoms with Crippen LogP contribution in [0.3, 0.4) is 0 Å². The SMILES string of the molecule is Cc1cc(-c2nc3cccnc3s2)ccc1NC(=O)c1ccc(S(=O)(=O)N2CCOCC2)cc1. The van der Waals surface area contributed by atoms with Crippen LogP contribution >= 0.6 is 11.3 Å². The molecule has 0 bridgehead atoms. The second-order valence-electron chi connectivity index (χ2n) is 7.87. The van der Waals surface area contributed by atoms with Gasteiger partial charge < -0.3 is 10.1 Å². The summed E-state index contributed by atoms with van der Waals surface area (Å²) < 4.78 is 32.2. The van der Waals surface area contributed by atoms with E-state index in [9.17, 15) is 13.2 Å². The third-order valence-corrected chi connectivity index (χ3v) is 8.55. The average Bonchev–Trinajstić information content (AvgIpc) is 3.30. The second-order valence-corrected chi connectivity index (χ2v) is 10.8. The minimum atomic E-state index is -3.60. The molecular weight excluding hydrogens is 472 g/mol. The first-order valence-corrected chi connectivity index (χ1v) is 13.0. The Balaban J connectivity index is 1.31. The van der Waals surface area contributed by atoms with Gasteiger partial charge in [0.25, 0.3) is 5.91 Å². The lowest BCUT2D eigenvalue weighted by atomic mass is 10.1. The molecule has 0 atom stereocenters. The van der Waals surface area contributed by atoms with E-state index in [2.05, 4.69) is 15.3 Å². The molecule has 1 fully saturated rings. The van der Waals surface area contributed by atoms with Gasteiger partial charge in [-0.15, -0.1) is 0 Å². The molecule has 174 valence electrons. The van der Waals surface area contributed by atoms with Crippen LogP contribution in [0.25, 0.3) is 20.9 Å². The van der Waals surface area contributed by atoms with Crippen molar-refractivity contribution in [2.45, 2.75) is 11.8 Å². The highest BCUT2D eigenvalue weighted by Gasteiger charge is 2.26. The number of pyridine rings is 1. The molecule has 1 aliphatic rings. The van der Waals surface area contributed by atoms with E-state index in [0.29, 0.717) is 37.6 Å². The molecule has 0 aliphatic carbocycles. The van der Waals surface area contributed by atoms with Gasteiger partial charge in [-0.1, -0.05) is 11.3 Å². The highest BCUT2D eigenvalue weighted by molar-refractivity contribution is 7.89. The Bertz CT molecular complexity index is 1430. The summed E-state index contributed by atoms with van der Waals surface area (Å²) in [5, 5.41) is 3.78. The van der Waals surface area contributed by atoms with Crippen LogP contribution in [-0.4, -0.2) is 54.9 Å². The van der Waals surface area contributed by atoms with E-state index in [0.717, 1.165) is 26.5 Å². The fourth-order valence-corrected chi connectivity index (χ4v) is 6.05. The summed E-state index contributed by atoms with van der Waals surface area (Å²) in [4.78, 5) is 22.8. The van der Waals surface area contributed by atoms with E-state index >= 15 is 0 Å². The molecule has 0 spiro atoms. The van der Waals surface area contributed by atoms with Gasteiger partial charge >= 0.3 is 0 Å². The van der Waals surface area contributed by atoms with Crippen molar-refractivity contribution in [2.24, 2.45) is 0 Å². The third-order valence-electron chi connectivity index (χ3n) is 5.61. The van der Waals surface area contributed by atoms with Gasteiger partial charge in [-0.3, -0.25) is 4.79 Å².